The topological polar surface area (TPSA) is 67.6 Å². The van der Waals surface area contributed by atoms with Crippen molar-refractivity contribution in [2.24, 2.45) is 11.7 Å². The molecule has 2 fully saturated rings. The highest BCUT2D eigenvalue weighted by molar-refractivity contribution is 5.86. The minimum Gasteiger partial charge on any atom is -0.379 e. The number of morpholine rings is 1. The molecule has 1 aliphatic heterocycles. The Morgan fingerprint density at radius 3 is 2.45 bits per heavy atom. The molecule has 1 saturated heterocycles. The molecule has 0 radical (unpaired) electrons. The lowest BCUT2D eigenvalue weighted by Gasteiger charge is -2.37. The maximum absolute atomic E-state index is 12.3. The highest BCUT2D eigenvalue weighted by Gasteiger charge is 2.37. The molecule has 0 aromatic carbocycles. The van der Waals surface area contributed by atoms with E-state index in [1.807, 2.05) is 0 Å². The molecule has 0 bridgehead atoms. The van der Waals surface area contributed by atoms with E-state index in [1.165, 1.54) is 0 Å². The number of nitrogens with two attached hydrogens (primary N) is 1. The number of nitrogens with one attached hydrogen (secondary N) is 1. The van der Waals surface area contributed by atoms with Gasteiger partial charge in [0.05, 0.1) is 18.8 Å². The quantitative estimate of drug-likeness (QED) is 0.780. The Kier molecular flexibility index (Phi) is 5.41. The molecule has 0 aromatic rings. The zero-order chi connectivity index (χ0) is 14.6. The van der Waals surface area contributed by atoms with Gasteiger partial charge in [-0.15, -0.1) is 0 Å². The molecule has 5 nitrogen and oxygen atoms in total. The van der Waals surface area contributed by atoms with Gasteiger partial charge in [-0.05, 0) is 18.8 Å². The van der Waals surface area contributed by atoms with Crippen LogP contribution in [-0.4, -0.2) is 55.2 Å². The molecule has 116 valence electrons. The van der Waals surface area contributed by atoms with Crippen LogP contribution in [0.5, 0.6) is 0 Å². The van der Waals surface area contributed by atoms with Gasteiger partial charge in [-0.3, -0.25) is 9.69 Å². The van der Waals surface area contributed by atoms with E-state index in [-0.39, 0.29) is 5.91 Å². The first-order chi connectivity index (χ1) is 9.53. The van der Waals surface area contributed by atoms with Crippen molar-refractivity contribution in [2.45, 2.75) is 51.1 Å². The number of rotatable bonds is 5. The number of nitrogens with zero attached hydrogens (tertiary/aromatic N) is 1. The Labute approximate surface area is 122 Å². The van der Waals surface area contributed by atoms with Gasteiger partial charge in [0.25, 0.3) is 0 Å². The summed E-state index contributed by atoms with van der Waals surface area (Å²) in [5.74, 6) is 0.541. The smallest absolute Gasteiger partial charge is 0.240 e. The van der Waals surface area contributed by atoms with E-state index in [9.17, 15) is 4.79 Å². The predicted octanol–water partition coefficient (Wildman–Crippen LogP) is 0.731. The van der Waals surface area contributed by atoms with E-state index >= 15 is 0 Å². The first kappa shape index (κ1) is 15.7. The first-order valence-corrected chi connectivity index (χ1v) is 7.92. The van der Waals surface area contributed by atoms with Gasteiger partial charge >= 0.3 is 0 Å². The number of hydrogen-bond acceptors (Lipinski definition) is 4. The average Bonchev–Trinajstić information content (AvgIpc) is 2.88. The number of ether oxygens (including phenoxy) is 1. The Hall–Kier alpha value is -0.650. The van der Waals surface area contributed by atoms with Crippen LogP contribution < -0.4 is 11.1 Å². The van der Waals surface area contributed by atoms with Crippen molar-refractivity contribution >= 4 is 5.91 Å². The van der Waals surface area contributed by atoms with Crippen LogP contribution >= 0.6 is 0 Å². The van der Waals surface area contributed by atoms with E-state index in [0.717, 1.165) is 52.0 Å². The molecule has 2 rings (SSSR count). The van der Waals surface area contributed by atoms with E-state index in [4.69, 9.17) is 10.5 Å². The van der Waals surface area contributed by atoms with Crippen LogP contribution in [0.25, 0.3) is 0 Å². The second-order valence-electron chi connectivity index (χ2n) is 6.53. The predicted molar refractivity (Wildman–Crippen MR) is 79.4 cm³/mol. The molecular formula is C15H29N3O2. The third kappa shape index (κ3) is 3.71. The van der Waals surface area contributed by atoms with Crippen LogP contribution in [0.15, 0.2) is 0 Å². The van der Waals surface area contributed by atoms with Crippen LogP contribution in [0, 0.1) is 5.92 Å². The average molecular weight is 283 g/mol. The first-order valence-electron chi connectivity index (χ1n) is 7.92. The zero-order valence-corrected chi connectivity index (χ0v) is 12.9. The summed E-state index contributed by atoms with van der Waals surface area (Å²) in [5.41, 5.74) is 5.58. The second kappa shape index (κ2) is 6.87. The summed E-state index contributed by atoms with van der Waals surface area (Å²) < 4.78 is 5.40. The maximum Gasteiger partial charge on any atom is 0.240 e. The SMILES string of the molecule is CC(C)C(CNC(=O)C1(N)CCCC1)N1CCOCC1. The third-order valence-corrected chi connectivity index (χ3v) is 4.70. The highest BCUT2D eigenvalue weighted by Crippen LogP contribution is 2.27. The van der Waals surface area contributed by atoms with Crippen LogP contribution in [0.2, 0.25) is 0 Å². The normalized spacial score (nSPS) is 24.8. The summed E-state index contributed by atoms with van der Waals surface area (Å²) in [6, 6.07) is 0.368. The van der Waals surface area contributed by atoms with Crippen molar-refractivity contribution in [2.75, 3.05) is 32.8 Å². The molecule has 1 saturated carbocycles. The lowest BCUT2D eigenvalue weighted by Crippen LogP contribution is -2.56. The summed E-state index contributed by atoms with van der Waals surface area (Å²) in [7, 11) is 0. The largest absolute Gasteiger partial charge is 0.379 e. The molecule has 0 spiro atoms. The third-order valence-electron chi connectivity index (χ3n) is 4.70. The van der Waals surface area contributed by atoms with E-state index < -0.39 is 5.54 Å². The van der Waals surface area contributed by atoms with Crippen molar-refractivity contribution in [1.82, 2.24) is 10.2 Å². The Morgan fingerprint density at radius 1 is 1.30 bits per heavy atom. The number of carbonyl (C=O) groups is 1. The maximum atomic E-state index is 12.3. The lowest BCUT2D eigenvalue weighted by molar-refractivity contribution is -0.126. The van der Waals surface area contributed by atoms with Gasteiger partial charge in [-0.1, -0.05) is 26.7 Å². The molecule has 1 aliphatic carbocycles. The second-order valence-corrected chi connectivity index (χ2v) is 6.53. The standard InChI is InChI=1S/C15H29N3O2/c1-12(2)13(18-7-9-20-10-8-18)11-17-14(19)15(16)5-3-4-6-15/h12-13H,3-11,16H2,1-2H3,(H,17,19). The molecule has 1 heterocycles. The highest BCUT2D eigenvalue weighted by atomic mass is 16.5. The van der Waals surface area contributed by atoms with Crippen LogP contribution in [0.1, 0.15) is 39.5 Å². The summed E-state index contributed by atoms with van der Waals surface area (Å²) in [4.78, 5) is 14.7. The molecule has 1 amide bonds. The van der Waals surface area contributed by atoms with Crippen LogP contribution in [-0.2, 0) is 9.53 Å². The van der Waals surface area contributed by atoms with Crippen molar-refractivity contribution in [1.29, 1.82) is 0 Å². The van der Waals surface area contributed by atoms with Crippen molar-refractivity contribution in [3.8, 4) is 0 Å². The lowest BCUT2D eigenvalue weighted by atomic mass is 9.97. The molecule has 0 aromatic heterocycles. The molecule has 1 unspecified atom stereocenters. The molecule has 1 atom stereocenters. The van der Waals surface area contributed by atoms with Gasteiger partial charge in [0.15, 0.2) is 0 Å². The van der Waals surface area contributed by atoms with Crippen LogP contribution in [0.3, 0.4) is 0 Å². The van der Waals surface area contributed by atoms with Gasteiger partial charge in [0.2, 0.25) is 5.91 Å². The van der Waals surface area contributed by atoms with Crippen molar-refractivity contribution in [3.63, 3.8) is 0 Å². The zero-order valence-electron chi connectivity index (χ0n) is 12.9. The fourth-order valence-corrected chi connectivity index (χ4v) is 3.30. The number of amides is 1. The van der Waals surface area contributed by atoms with Gasteiger partial charge < -0.3 is 15.8 Å². The van der Waals surface area contributed by atoms with Crippen molar-refractivity contribution < 1.29 is 9.53 Å². The van der Waals surface area contributed by atoms with Gasteiger partial charge in [0, 0.05) is 25.7 Å². The van der Waals surface area contributed by atoms with Crippen LogP contribution in [0.4, 0.5) is 0 Å². The van der Waals surface area contributed by atoms with E-state index in [1.54, 1.807) is 0 Å². The number of carbonyl (C=O) groups excluding carboxylic acids is 1. The molecule has 3 N–H and O–H groups in total. The summed E-state index contributed by atoms with van der Waals surface area (Å²) >= 11 is 0. The summed E-state index contributed by atoms with van der Waals surface area (Å²) in [6.07, 6.45) is 3.79. The molecule has 20 heavy (non-hydrogen) atoms. The van der Waals surface area contributed by atoms with Crippen molar-refractivity contribution in [3.05, 3.63) is 0 Å². The molecular weight excluding hydrogens is 254 g/mol. The minimum absolute atomic E-state index is 0.0360. The summed E-state index contributed by atoms with van der Waals surface area (Å²) in [6.45, 7) is 8.59. The fraction of sp³-hybridized carbons (Fsp3) is 0.933. The number of hydrogen-bond donors (Lipinski definition) is 2. The fourth-order valence-electron chi connectivity index (χ4n) is 3.30. The Bertz CT molecular complexity index is 321. The van der Waals surface area contributed by atoms with Gasteiger partial charge in [-0.25, -0.2) is 0 Å². The van der Waals surface area contributed by atoms with E-state index in [2.05, 4.69) is 24.1 Å². The molecule has 5 heteroatoms. The Balaban J connectivity index is 1.86. The molecule has 2 aliphatic rings. The monoisotopic (exact) mass is 283 g/mol. The Morgan fingerprint density at radius 2 is 1.90 bits per heavy atom. The minimum atomic E-state index is -0.619. The van der Waals surface area contributed by atoms with Gasteiger partial charge in [-0.2, -0.15) is 0 Å². The summed E-state index contributed by atoms with van der Waals surface area (Å²) in [5, 5.41) is 3.10. The van der Waals surface area contributed by atoms with E-state index in [0.29, 0.717) is 18.5 Å². The van der Waals surface area contributed by atoms with Gasteiger partial charge in [0.1, 0.15) is 0 Å².